The SMILES string of the molecule is NS(=O)(=O)Cc1ccc(NC(=O)Cc2cccc(C(F)(F)F)c2)cc1. The quantitative estimate of drug-likeness (QED) is 0.846. The van der Waals surface area contributed by atoms with Crippen molar-refractivity contribution in [1.29, 1.82) is 0 Å². The zero-order chi connectivity index (χ0) is 18.7. The number of anilines is 1. The molecule has 0 fully saturated rings. The summed E-state index contributed by atoms with van der Waals surface area (Å²) in [4.78, 5) is 11.9. The maximum atomic E-state index is 12.7. The number of benzene rings is 2. The Morgan fingerprint density at radius 1 is 1.04 bits per heavy atom. The average molecular weight is 372 g/mol. The first-order valence-corrected chi connectivity index (χ1v) is 8.80. The Labute approximate surface area is 142 Å². The van der Waals surface area contributed by atoms with Crippen molar-refractivity contribution in [2.45, 2.75) is 18.3 Å². The number of nitrogens with one attached hydrogen (secondary N) is 1. The lowest BCUT2D eigenvalue weighted by Crippen LogP contribution is -2.16. The van der Waals surface area contributed by atoms with E-state index in [1.165, 1.54) is 36.4 Å². The van der Waals surface area contributed by atoms with Gasteiger partial charge in [-0.1, -0.05) is 30.3 Å². The van der Waals surface area contributed by atoms with E-state index < -0.39 is 27.7 Å². The molecule has 5 nitrogen and oxygen atoms in total. The number of rotatable bonds is 5. The van der Waals surface area contributed by atoms with Gasteiger partial charge in [0.1, 0.15) is 0 Å². The van der Waals surface area contributed by atoms with Crippen LogP contribution in [0.15, 0.2) is 48.5 Å². The van der Waals surface area contributed by atoms with Crippen LogP contribution in [0.25, 0.3) is 0 Å². The molecule has 1 amide bonds. The zero-order valence-corrected chi connectivity index (χ0v) is 13.7. The second kappa shape index (κ2) is 7.24. The van der Waals surface area contributed by atoms with Crippen molar-refractivity contribution >= 4 is 21.6 Å². The molecule has 0 saturated carbocycles. The predicted octanol–water partition coefficient (Wildman–Crippen LogP) is 2.68. The van der Waals surface area contributed by atoms with Crippen LogP contribution in [0.3, 0.4) is 0 Å². The number of nitrogens with two attached hydrogens (primary N) is 1. The van der Waals surface area contributed by atoms with Crippen LogP contribution in [0, 0.1) is 0 Å². The summed E-state index contributed by atoms with van der Waals surface area (Å²) in [6.45, 7) is 0. The van der Waals surface area contributed by atoms with Gasteiger partial charge in [0.25, 0.3) is 0 Å². The molecule has 0 aliphatic heterocycles. The molecule has 0 unspecified atom stereocenters. The van der Waals surface area contributed by atoms with Gasteiger partial charge in [0.2, 0.25) is 15.9 Å². The Morgan fingerprint density at radius 2 is 1.68 bits per heavy atom. The van der Waals surface area contributed by atoms with Crippen molar-refractivity contribution < 1.29 is 26.4 Å². The third kappa shape index (κ3) is 6.20. The highest BCUT2D eigenvalue weighted by Gasteiger charge is 2.30. The maximum absolute atomic E-state index is 12.7. The van der Waals surface area contributed by atoms with Gasteiger partial charge in [-0.25, -0.2) is 13.6 Å². The summed E-state index contributed by atoms with van der Waals surface area (Å²) in [5, 5.41) is 7.48. The average Bonchev–Trinajstić information content (AvgIpc) is 2.47. The third-order valence-corrected chi connectivity index (χ3v) is 3.96. The number of alkyl halides is 3. The Kier molecular flexibility index (Phi) is 5.48. The van der Waals surface area contributed by atoms with Gasteiger partial charge in [0.05, 0.1) is 17.7 Å². The third-order valence-electron chi connectivity index (χ3n) is 3.22. The van der Waals surface area contributed by atoms with E-state index in [1.807, 2.05) is 0 Å². The van der Waals surface area contributed by atoms with Crippen molar-refractivity contribution in [1.82, 2.24) is 0 Å². The summed E-state index contributed by atoms with van der Waals surface area (Å²) in [7, 11) is -3.65. The molecule has 0 atom stereocenters. The Balaban J connectivity index is 2.01. The summed E-state index contributed by atoms with van der Waals surface area (Å²) in [5.41, 5.74) is 0.275. The lowest BCUT2D eigenvalue weighted by atomic mass is 10.1. The van der Waals surface area contributed by atoms with E-state index in [1.54, 1.807) is 0 Å². The molecule has 0 aliphatic carbocycles. The van der Waals surface area contributed by atoms with Gasteiger partial charge >= 0.3 is 6.18 Å². The summed E-state index contributed by atoms with van der Waals surface area (Å²) < 4.78 is 60.0. The molecule has 3 N–H and O–H groups in total. The first-order valence-electron chi connectivity index (χ1n) is 7.08. The minimum atomic E-state index is -4.47. The highest BCUT2D eigenvalue weighted by Crippen LogP contribution is 2.29. The fraction of sp³-hybridized carbons (Fsp3) is 0.188. The fourth-order valence-corrected chi connectivity index (χ4v) is 2.82. The highest BCUT2D eigenvalue weighted by atomic mass is 32.2. The minimum absolute atomic E-state index is 0.219. The van der Waals surface area contributed by atoms with E-state index >= 15 is 0 Å². The van der Waals surface area contributed by atoms with E-state index in [4.69, 9.17) is 5.14 Å². The van der Waals surface area contributed by atoms with Gasteiger partial charge in [-0.2, -0.15) is 13.2 Å². The van der Waals surface area contributed by atoms with Crippen LogP contribution >= 0.6 is 0 Å². The number of halogens is 3. The number of primary sulfonamides is 1. The van der Waals surface area contributed by atoms with E-state index in [0.717, 1.165) is 12.1 Å². The molecule has 2 rings (SSSR count). The van der Waals surface area contributed by atoms with Crippen molar-refractivity contribution in [3.8, 4) is 0 Å². The molecule has 0 heterocycles. The lowest BCUT2D eigenvalue weighted by molar-refractivity contribution is -0.137. The van der Waals surface area contributed by atoms with Gasteiger partial charge < -0.3 is 5.32 Å². The Morgan fingerprint density at radius 3 is 2.24 bits per heavy atom. The second-order valence-corrected chi connectivity index (χ2v) is 7.04. The molecule has 2 aromatic carbocycles. The molecular weight excluding hydrogens is 357 g/mol. The summed E-state index contributed by atoms with van der Waals surface area (Å²) in [6, 6.07) is 10.5. The minimum Gasteiger partial charge on any atom is -0.326 e. The van der Waals surface area contributed by atoms with Gasteiger partial charge in [-0.05, 0) is 29.3 Å². The molecule has 0 radical (unpaired) electrons. The largest absolute Gasteiger partial charge is 0.416 e. The highest BCUT2D eigenvalue weighted by molar-refractivity contribution is 7.88. The number of hydrogen-bond donors (Lipinski definition) is 2. The predicted molar refractivity (Wildman–Crippen MR) is 87.0 cm³/mol. The Bertz CT molecular complexity index is 863. The summed E-state index contributed by atoms with van der Waals surface area (Å²) in [6.07, 6.45) is -4.69. The molecule has 0 spiro atoms. The number of carbonyl (C=O) groups is 1. The molecule has 0 aromatic heterocycles. The molecule has 0 aliphatic rings. The van der Waals surface area contributed by atoms with Crippen LogP contribution in [0.1, 0.15) is 16.7 Å². The molecular formula is C16H15F3N2O3S. The summed E-state index contributed by atoms with van der Waals surface area (Å²) in [5.74, 6) is -0.815. The molecule has 9 heteroatoms. The van der Waals surface area contributed by atoms with E-state index in [2.05, 4.69) is 5.32 Å². The number of hydrogen-bond acceptors (Lipinski definition) is 3. The lowest BCUT2D eigenvalue weighted by Gasteiger charge is -2.09. The molecule has 0 bridgehead atoms. The summed E-state index contributed by atoms with van der Waals surface area (Å²) >= 11 is 0. The van der Waals surface area contributed by atoms with Gasteiger partial charge in [0, 0.05) is 5.69 Å². The molecule has 2 aromatic rings. The molecule has 134 valence electrons. The Hall–Kier alpha value is -2.39. The first kappa shape index (κ1) is 18.9. The van der Waals surface area contributed by atoms with Crippen LogP contribution in [0.5, 0.6) is 0 Å². The zero-order valence-electron chi connectivity index (χ0n) is 12.9. The standard InChI is InChI=1S/C16H15F3N2O3S/c17-16(18,19)13-3-1-2-12(8-13)9-15(22)21-14-6-4-11(5-7-14)10-25(20,23)24/h1-8H,9-10H2,(H,21,22)(H2,20,23,24). The van der Waals surface area contributed by atoms with Gasteiger partial charge in [-0.3, -0.25) is 4.79 Å². The van der Waals surface area contributed by atoms with Crippen LogP contribution in [-0.4, -0.2) is 14.3 Å². The molecule has 0 saturated heterocycles. The van der Waals surface area contributed by atoms with Crippen LogP contribution in [-0.2, 0) is 33.2 Å². The van der Waals surface area contributed by atoms with Crippen molar-refractivity contribution in [2.24, 2.45) is 5.14 Å². The fourth-order valence-electron chi connectivity index (χ4n) is 2.16. The van der Waals surface area contributed by atoms with E-state index in [9.17, 15) is 26.4 Å². The van der Waals surface area contributed by atoms with Crippen LogP contribution < -0.4 is 10.5 Å². The number of carbonyl (C=O) groups excluding carboxylic acids is 1. The second-order valence-electron chi connectivity index (χ2n) is 5.43. The molecule has 25 heavy (non-hydrogen) atoms. The van der Waals surface area contributed by atoms with Gasteiger partial charge in [-0.15, -0.1) is 0 Å². The monoisotopic (exact) mass is 372 g/mol. The van der Waals surface area contributed by atoms with Crippen LogP contribution in [0.2, 0.25) is 0 Å². The topological polar surface area (TPSA) is 89.3 Å². The maximum Gasteiger partial charge on any atom is 0.416 e. The smallest absolute Gasteiger partial charge is 0.326 e. The van der Waals surface area contributed by atoms with Crippen molar-refractivity contribution in [3.05, 3.63) is 65.2 Å². The normalized spacial score (nSPS) is 12.0. The number of amides is 1. The van der Waals surface area contributed by atoms with Crippen molar-refractivity contribution in [2.75, 3.05) is 5.32 Å². The van der Waals surface area contributed by atoms with E-state index in [0.29, 0.717) is 11.3 Å². The van der Waals surface area contributed by atoms with Gasteiger partial charge in [0.15, 0.2) is 0 Å². The van der Waals surface area contributed by atoms with Crippen molar-refractivity contribution in [3.63, 3.8) is 0 Å². The number of sulfonamides is 1. The van der Waals surface area contributed by atoms with E-state index in [-0.39, 0.29) is 17.7 Å². The first-order chi connectivity index (χ1) is 11.5. The van der Waals surface area contributed by atoms with Crippen LogP contribution in [0.4, 0.5) is 18.9 Å².